The summed E-state index contributed by atoms with van der Waals surface area (Å²) in [7, 11) is 0. The van der Waals surface area contributed by atoms with E-state index in [0.29, 0.717) is 29.8 Å². The third-order valence-corrected chi connectivity index (χ3v) is 7.47. The average molecular weight is 420 g/mol. The van der Waals surface area contributed by atoms with E-state index in [0.717, 1.165) is 31.2 Å². The van der Waals surface area contributed by atoms with Gasteiger partial charge in [-0.15, -0.1) is 11.6 Å². The van der Waals surface area contributed by atoms with E-state index in [2.05, 4.69) is 5.32 Å². The van der Waals surface area contributed by atoms with Gasteiger partial charge in [-0.2, -0.15) is 0 Å². The first kappa shape index (κ1) is 19.0. The van der Waals surface area contributed by atoms with E-state index in [1.54, 1.807) is 0 Å². The van der Waals surface area contributed by atoms with Gasteiger partial charge >= 0.3 is 5.97 Å². The largest absolute Gasteiger partial charge is 0.455 e. The van der Waals surface area contributed by atoms with Gasteiger partial charge in [0, 0.05) is 4.87 Å². The maximum absolute atomic E-state index is 12.9. The summed E-state index contributed by atoms with van der Waals surface area (Å²) in [6.45, 7) is 1.83. The summed E-state index contributed by atoms with van der Waals surface area (Å²) >= 11 is 6.80. The summed E-state index contributed by atoms with van der Waals surface area (Å²) in [4.78, 5) is 25.1. The number of carbonyl (C=O) groups is 2. The van der Waals surface area contributed by atoms with Crippen LogP contribution in [0.1, 0.15) is 57.1 Å². The predicted molar refractivity (Wildman–Crippen MR) is 106 cm³/mol. The molecule has 5 aliphatic rings. The third kappa shape index (κ3) is 3.45. The molecule has 1 heterocycles. The Morgan fingerprint density at radius 1 is 1.21 bits per heavy atom. The van der Waals surface area contributed by atoms with Gasteiger partial charge in [0.25, 0.3) is 5.91 Å². The summed E-state index contributed by atoms with van der Waals surface area (Å²) in [5.74, 6) is 1.85. The quantitative estimate of drug-likeness (QED) is 0.581. The first-order valence-electron chi connectivity index (χ1n) is 10.4. The number of nitrogens with one attached hydrogen (secondary N) is 1. The van der Waals surface area contributed by atoms with Crippen molar-refractivity contribution in [2.75, 3.05) is 13.4 Å². The van der Waals surface area contributed by atoms with Crippen LogP contribution < -0.4 is 14.8 Å². The van der Waals surface area contributed by atoms with Gasteiger partial charge in [-0.25, -0.2) is 0 Å². The monoisotopic (exact) mass is 419 g/mol. The highest BCUT2D eigenvalue weighted by atomic mass is 35.5. The van der Waals surface area contributed by atoms with Crippen LogP contribution in [0.25, 0.3) is 0 Å². The summed E-state index contributed by atoms with van der Waals surface area (Å²) in [6, 6.07) is 5.34. The number of halogens is 1. The first-order chi connectivity index (χ1) is 13.8. The second-order valence-electron chi connectivity index (χ2n) is 9.37. The van der Waals surface area contributed by atoms with Crippen molar-refractivity contribution in [3.8, 4) is 11.5 Å². The van der Waals surface area contributed by atoms with Crippen LogP contribution in [-0.2, 0) is 14.3 Å². The number of carbonyl (C=O) groups excluding carboxylic acids is 2. The van der Waals surface area contributed by atoms with Gasteiger partial charge < -0.3 is 19.5 Å². The molecule has 0 saturated heterocycles. The van der Waals surface area contributed by atoms with Crippen LogP contribution in [-0.4, -0.2) is 30.2 Å². The number of esters is 1. The average Bonchev–Trinajstić information content (AvgIpc) is 3.11. The molecule has 6 nitrogen and oxygen atoms in total. The Balaban J connectivity index is 1.17. The highest BCUT2D eigenvalue weighted by Crippen LogP contribution is 2.64. The molecule has 4 aliphatic carbocycles. The summed E-state index contributed by atoms with van der Waals surface area (Å²) in [5, 5.41) is 2.89. The van der Waals surface area contributed by atoms with Gasteiger partial charge in [-0.3, -0.25) is 9.59 Å². The van der Waals surface area contributed by atoms with Crippen molar-refractivity contribution in [3.63, 3.8) is 0 Å². The molecule has 1 aromatic rings. The molecule has 156 valence electrons. The molecule has 7 heteroatoms. The van der Waals surface area contributed by atoms with Crippen LogP contribution in [0.3, 0.4) is 0 Å². The molecule has 0 spiro atoms. The lowest BCUT2D eigenvalue weighted by molar-refractivity contribution is -0.171. The van der Waals surface area contributed by atoms with E-state index >= 15 is 0 Å². The highest BCUT2D eigenvalue weighted by Gasteiger charge is 2.60. The maximum Gasteiger partial charge on any atom is 0.312 e. The van der Waals surface area contributed by atoms with E-state index in [1.165, 1.54) is 6.42 Å². The minimum Gasteiger partial charge on any atom is -0.455 e. The molecule has 0 radical (unpaired) electrons. The molecule has 4 saturated carbocycles. The standard InChI is InChI=1S/C22H26ClNO5/c1-13(16-2-3-17-18(5-16)29-12-28-17)24-19(25)10-27-20(26)21-6-14-4-15(7-21)9-22(23,8-14)11-21/h2-3,5,13-15H,4,6-12H2,1H3,(H,24,25)/t13-,14-,15+,21?,22?/m1/s1. The fraction of sp³-hybridized carbons (Fsp3) is 0.636. The molecule has 1 aliphatic heterocycles. The molecular formula is C22H26ClNO5. The summed E-state index contributed by atoms with van der Waals surface area (Å²) in [6.07, 6.45) is 5.58. The Morgan fingerprint density at radius 3 is 2.66 bits per heavy atom. The fourth-order valence-corrected chi connectivity index (χ4v) is 6.91. The van der Waals surface area contributed by atoms with Gasteiger partial charge in [0.05, 0.1) is 11.5 Å². The number of alkyl halides is 1. The minimum atomic E-state index is -0.491. The first-order valence-corrected chi connectivity index (χ1v) is 10.8. The van der Waals surface area contributed by atoms with E-state index in [9.17, 15) is 9.59 Å². The van der Waals surface area contributed by atoms with Crippen molar-refractivity contribution < 1.29 is 23.8 Å². The number of ether oxygens (including phenoxy) is 3. The Labute approximate surface area is 175 Å². The molecule has 4 bridgehead atoms. The Kier molecular flexibility index (Phi) is 4.46. The minimum absolute atomic E-state index is 0.211. The lowest BCUT2D eigenvalue weighted by Gasteiger charge is -2.58. The normalized spacial score (nSPS) is 34.7. The van der Waals surface area contributed by atoms with Crippen LogP contribution in [0, 0.1) is 17.3 Å². The Morgan fingerprint density at radius 2 is 1.93 bits per heavy atom. The van der Waals surface area contributed by atoms with Crippen LogP contribution >= 0.6 is 11.6 Å². The van der Waals surface area contributed by atoms with Gasteiger partial charge in [-0.05, 0) is 75.0 Å². The summed E-state index contributed by atoms with van der Waals surface area (Å²) in [5.41, 5.74) is 0.411. The van der Waals surface area contributed by atoms with Crippen molar-refractivity contribution >= 4 is 23.5 Å². The second-order valence-corrected chi connectivity index (χ2v) is 10.2. The van der Waals surface area contributed by atoms with E-state index < -0.39 is 5.41 Å². The summed E-state index contributed by atoms with van der Waals surface area (Å²) < 4.78 is 16.2. The Hall–Kier alpha value is -1.95. The van der Waals surface area contributed by atoms with Crippen molar-refractivity contribution in [1.82, 2.24) is 5.32 Å². The van der Waals surface area contributed by atoms with Crippen molar-refractivity contribution in [3.05, 3.63) is 23.8 Å². The van der Waals surface area contributed by atoms with Crippen LogP contribution in [0.4, 0.5) is 0 Å². The van der Waals surface area contributed by atoms with Crippen LogP contribution in [0.15, 0.2) is 18.2 Å². The van der Waals surface area contributed by atoms with Gasteiger partial charge in [-0.1, -0.05) is 6.07 Å². The molecule has 6 rings (SSSR count). The molecule has 1 amide bonds. The van der Waals surface area contributed by atoms with Crippen molar-refractivity contribution in [1.29, 1.82) is 0 Å². The number of benzene rings is 1. The van der Waals surface area contributed by atoms with Crippen LogP contribution in [0.5, 0.6) is 11.5 Å². The van der Waals surface area contributed by atoms with Gasteiger partial charge in [0.15, 0.2) is 18.1 Å². The zero-order valence-corrected chi connectivity index (χ0v) is 17.3. The van der Waals surface area contributed by atoms with Crippen molar-refractivity contribution in [2.24, 2.45) is 17.3 Å². The lowest BCUT2D eigenvalue weighted by Crippen LogP contribution is -2.56. The third-order valence-electron chi connectivity index (χ3n) is 7.03. The molecule has 0 aromatic heterocycles. The zero-order chi connectivity index (χ0) is 20.2. The topological polar surface area (TPSA) is 73.9 Å². The van der Waals surface area contributed by atoms with E-state index in [1.807, 2.05) is 25.1 Å². The highest BCUT2D eigenvalue weighted by molar-refractivity contribution is 6.24. The molecule has 4 fully saturated rings. The number of fused-ring (bicyclic) bond motifs is 1. The van der Waals surface area contributed by atoms with Gasteiger partial charge in [0.2, 0.25) is 6.79 Å². The van der Waals surface area contributed by atoms with E-state index in [4.69, 9.17) is 25.8 Å². The number of hydrogen-bond donors (Lipinski definition) is 1. The number of hydrogen-bond acceptors (Lipinski definition) is 5. The SMILES string of the molecule is C[C@@H](NC(=O)COC(=O)C12C[C@@H]3C[C@@H](CC(Cl)(C3)C1)C2)c1ccc2c(c1)OCO2. The zero-order valence-electron chi connectivity index (χ0n) is 16.5. The predicted octanol–water partition coefficient (Wildman–Crippen LogP) is 3.71. The van der Waals surface area contributed by atoms with Crippen molar-refractivity contribution in [2.45, 2.75) is 56.4 Å². The molecule has 5 atom stereocenters. The van der Waals surface area contributed by atoms with Crippen LogP contribution in [0.2, 0.25) is 0 Å². The number of amides is 1. The van der Waals surface area contributed by atoms with E-state index in [-0.39, 0.29) is 36.2 Å². The smallest absolute Gasteiger partial charge is 0.312 e. The molecule has 29 heavy (non-hydrogen) atoms. The lowest BCUT2D eigenvalue weighted by atomic mass is 9.49. The fourth-order valence-electron chi connectivity index (χ4n) is 6.22. The molecule has 2 unspecified atom stereocenters. The molecule has 1 aromatic carbocycles. The second kappa shape index (κ2) is 6.79. The Bertz CT molecular complexity index is 842. The molecular weight excluding hydrogens is 394 g/mol. The van der Waals surface area contributed by atoms with Gasteiger partial charge in [0.1, 0.15) is 0 Å². The maximum atomic E-state index is 12.9. The molecule has 1 N–H and O–H groups in total. The number of rotatable bonds is 5.